The highest BCUT2D eigenvalue weighted by Gasteiger charge is 2.11. The number of fused-ring (bicyclic) bond motifs is 1. The van der Waals surface area contributed by atoms with Crippen molar-refractivity contribution in [2.24, 2.45) is 0 Å². The van der Waals surface area contributed by atoms with E-state index in [0.29, 0.717) is 22.5 Å². The molecule has 0 saturated carbocycles. The van der Waals surface area contributed by atoms with E-state index in [4.69, 9.17) is 4.74 Å². The van der Waals surface area contributed by atoms with Crippen molar-refractivity contribution in [1.82, 2.24) is 9.55 Å². The molecule has 3 rings (SSSR count). The van der Waals surface area contributed by atoms with E-state index >= 15 is 0 Å². The Morgan fingerprint density at radius 2 is 1.86 bits per heavy atom. The summed E-state index contributed by atoms with van der Waals surface area (Å²) in [7, 11) is 0. The minimum Gasteiger partial charge on any atom is -0.454 e. The Bertz CT molecular complexity index is 1070. The number of carbonyl (C=O) groups is 2. The molecule has 0 fully saturated rings. The van der Waals surface area contributed by atoms with Crippen molar-refractivity contribution >= 4 is 28.5 Å². The standard InChI is InChI=1S/C22H23N3O4/c1-3-15(2)16-8-10-17(11-9-16)24-20(26)13-29-21(27)12-25-14-23-19-7-5-4-6-18(19)22(25)28/h4-11,14-15H,3,12-13H2,1-2H3,(H,24,26)/t15-/m0/s1. The van der Waals surface area contributed by atoms with Gasteiger partial charge in [0.15, 0.2) is 6.61 Å². The SMILES string of the molecule is CC[C@H](C)c1ccc(NC(=O)COC(=O)Cn2cnc3ccccc3c2=O)cc1. The molecule has 150 valence electrons. The van der Waals surface area contributed by atoms with E-state index in [1.54, 1.807) is 24.3 Å². The maximum absolute atomic E-state index is 12.4. The maximum atomic E-state index is 12.4. The van der Waals surface area contributed by atoms with Crippen molar-refractivity contribution in [3.63, 3.8) is 0 Å². The van der Waals surface area contributed by atoms with Crippen molar-refractivity contribution in [3.05, 3.63) is 70.8 Å². The number of anilines is 1. The van der Waals surface area contributed by atoms with Gasteiger partial charge < -0.3 is 10.1 Å². The van der Waals surface area contributed by atoms with Crippen molar-refractivity contribution in [2.75, 3.05) is 11.9 Å². The van der Waals surface area contributed by atoms with Gasteiger partial charge in [0.1, 0.15) is 6.54 Å². The normalized spacial score (nSPS) is 11.8. The van der Waals surface area contributed by atoms with Gasteiger partial charge in [-0.15, -0.1) is 0 Å². The average molecular weight is 393 g/mol. The molecule has 0 spiro atoms. The summed E-state index contributed by atoms with van der Waals surface area (Å²) >= 11 is 0. The molecule has 1 heterocycles. The minimum atomic E-state index is -0.688. The first kappa shape index (κ1) is 20.3. The number of nitrogens with zero attached hydrogens (tertiary/aromatic N) is 2. The lowest BCUT2D eigenvalue weighted by atomic mass is 9.99. The molecule has 0 radical (unpaired) electrons. The van der Waals surface area contributed by atoms with Gasteiger partial charge in [-0.1, -0.05) is 38.1 Å². The van der Waals surface area contributed by atoms with E-state index in [2.05, 4.69) is 24.1 Å². The van der Waals surface area contributed by atoms with Crippen LogP contribution in [0.2, 0.25) is 0 Å². The molecule has 1 atom stereocenters. The number of nitrogens with one attached hydrogen (secondary N) is 1. The second-order valence-electron chi connectivity index (χ2n) is 6.83. The number of para-hydroxylation sites is 1. The molecular weight excluding hydrogens is 370 g/mol. The predicted octanol–water partition coefficient (Wildman–Crippen LogP) is 3.09. The Balaban J connectivity index is 1.53. The Morgan fingerprint density at radius 3 is 2.59 bits per heavy atom. The lowest BCUT2D eigenvalue weighted by Crippen LogP contribution is -2.28. The van der Waals surface area contributed by atoms with Crippen LogP contribution in [0.5, 0.6) is 0 Å². The summed E-state index contributed by atoms with van der Waals surface area (Å²) in [5, 5.41) is 3.10. The van der Waals surface area contributed by atoms with Crippen LogP contribution in [-0.2, 0) is 20.9 Å². The van der Waals surface area contributed by atoms with E-state index in [1.807, 2.05) is 24.3 Å². The fourth-order valence-corrected chi connectivity index (χ4v) is 2.88. The van der Waals surface area contributed by atoms with Gasteiger partial charge in [-0.05, 0) is 42.2 Å². The summed E-state index contributed by atoms with van der Waals surface area (Å²) in [5.74, 6) is -0.682. The second kappa shape index (κ2) is 9.14. The van der Waals surface area contributed by atoms with E-state index in [-0.39, 0.29) is 12.1 Å². The fourth-order valence-electron chi connectivity index (χ4n) is 2.88. The van der Waals surface area contributed by atoms with Gasteiger partial charge in [-0.3, -0.25) is 19.0 Å². The van der Waals surface area contributed by atoms with Crippen LogP contribution in [0.1, 0.15) is 31.7 Å². The Kier molecular flexibility index (Phi) is 6.39. The highest BCUT2D eigenvalue weighted by Crippen LogP contribution is 2.20. The van der Waals surface area contributed by atoms with Gasteiger partial charge in [0.25, 0.3) is 11.5 Å². The van der Waals surface area contributed by atoms with Gasteiger partial charge in [0.2, 0.25) is 0 Å². The first-order valence-corrected chi connectivity index (χ1v) is 9.47. The molecule has 0 saturated heterocycles. The van der Waals surface area contributed by atoms with E-state index < -0.39 is 18.5 Å². The average Bonchev–Trinajstić information content (AvgIpc) is 2.74. The van der Waals surface area contributed by atoms with Crippen molar-refractivity contribution in [3.8, 4) is 0 Å². The van der Waals surface area contributed by atoms with Crippen molar-refractivity contribution in [1.29, 1.82) is 0 Å². The fraction of sp³-hybridized carbons (Fsp3) is 0.273. The summed E-state index contributed by atoms with van der Waals surface area (Å²) in [6, 6.07) is 14.5. The number of esters is 1. The number of hydrogen-bond acceptors (Lipinski definition) is 5. The molecule has 1 aromatic heterocycles. The van der Waals surface area contributed by atoms with E-state index in [0.717, 1.165) is 11.0 Å². The minimum absolute atomic E-state index is 0.312. The molecule has 7 nitrogen and oxygen atoms in total. The molecule has 0 unspecified atom stereocenters. The molecular formula is C22H23N3O4. The number of ether oxygens (including phenoxy) is 1. The molecule has 29 heavy (non-hydrogen) atoms. The first-order chi connectivity index (χ1) is 14.0. The summed E-state index contributed by atoms with van der Waals surface area (Å²) < 4.78 is 6.15. The van der Waals surface area contributed by atoms with Crippen LogP contribution in [-0.4, -0.2) is 28.0 Å². The molecule has 0 aliphatic heterocycles. The monoisotopic (exact) mass is 393 g/mol. The highest BCUT2D eigenvalue weighted by molar-refractivity contribution is 5.92. The number of amides is 1. The van der Waals surface area contributed by atoms with E-state index in [1.165, 1.54) is 11.9 Å². The van der Waals surface area contributed by atoms with Crippen LogP contribution in [0.25, 0.3) is 10.9 Å². The highest BCUT2D eigenvalue weighted by atomic mass is 16.5. The second-order valence-corrected chi connectivity index (χ2v) is 6.83. The van der Waals surface area contributed by atoms with Crippen LogP contribution < -0.4 is 10.9 Å². The van der Waals surface area contributed by atoms with Crippen LogP contribution in [0.3, 0.4) is 0 Å². The van der Waals surface area contributed by atoms with Gasteiger partial charge in [0.05, 0.1) is 17.2 Å². The third-order valence-corrected chi connectivity index (χ3v) is 4.77. The number of hydrogen-bond donors (Lipinski definition) is 1. The molecule has 7 heteroatoms. The van der Waals surface area contributed by atoms with Crippen LogP contribution in [0, 0.1) is 0 Å². The molecule has 1 N–H and O–H groups in total. The maximum Gasteiger partial charge on any atom is 0.326 e. The summed E-state index contributed by atoms with van der Waals surface area (Å²) in [6.07, 6.45) is 2.34. The number of aromatic nitrogens is 2. The van der Waals surface area contributed by atoms with Crippen molar-refractivity contribution in [2.45, 2.75) is 32.7 Å². The summed E-state index contributed by atoms with van der Waals surface area (Å²) in [5.41, 5.74) is 2.05. The molecule has 3 aromatic rings. The lowest BCUT2D eigenvalue weighted by Gasteiger charge is -2.11. The molecule has 0 bridgehead atoms. The Labute approximate surface area is 168 Å². The van der Waals surface area contributed by atoms with Gasteiger partial charge in [-0.2, -0.15) is 0 Å². The van der Waals surface area contributed by atoms with Gasteiger partial charge >= 0.3 is 5.97 Å². The summed E-state index contributed by atoms with van der Waals surface area (Å²) in [4.78, 5) is 40.6. The predicted molar refractivity (Wildman–Crippen MR) is 111 cm³/mol. The first-order valence-electron chi connectivity index (χ1n) is 9.47. The number of rotatable bonds is 7. The molecule has 1 amide bonds. The van der Waals surface area contributed by atoms with Crippen LogP contribution >= 0.6 is 0 Å². The van der Waals surface area contributed by atoms with E-state index in [9.17, 15) is 14.4 Å². The van der Waals surface area contributed by atoms with Gasteiger partial charge in [-0.25, -0.2) is 4.98 Å². The zero-order valence-electron chi connectivity index (χ0n) is 16.4. The topological polar surface area (TPSA) is 90.3 Å². The largest absolute Gasteiger partial charge is 0.454 e. The van der Waals surface area contributed by atoms with Crippen molar-refractivity contribution < 1.29 is 14.3 Å². The Hall–Kier alpha value is -3.48. The van der Waals surface area contributed by atoms with Crippen LogP contribution in [0.4, 0.5) is 5.69 Å². The molecule has 0 aliphatic rings. The third kappa shape index (κ3) is 5.07. The Morgan fingerprint density at radius 1 is 1.14 bits per heavy atom. The zero-order valence-corrected chi connectivity index (χ0v) is 16.4. The molecule has 2 aromatic carbocycles. The number of benzene rings is 2. The number of carbonyl (C=O) groups excluding carboxylic acids is 2. The zero-order chi connectivity index (χ0) is 20.8. The third-order valence-electron chi connectivity index (χ3n) is 4.77. The lowest BCUT2D eigenvalue weighted by molar-refractivity contribution is -0.147. The van der Waals surface area contributed by atoms with Crippen LogP contribution in [0.15, 0.2) is 59.7 Å². The molecule has 0 aliphatic carbocycles. The summed E-state index contributed by atoms with van der Waals surface area (Å²) in [6.45, 7) is 3.52. The smallest absolute Gasteiger partial charge is 0.326 e. The van der Waals surface area contributed by atoms with Gasteiger partial charge in [0, 0.05) is 5.69 Å². The quantitative estimate of drug-likeness (QED) is 0.623.